The molecule has 0 aliphatic heterocycles. The number of anilines is 1. The van der Waals surface area contributed by atoms with E-state index >= 15 is 0 Å². The second kappa shape index (κ2) is 7.68. The van der Waals surface area contributed by atoms with Gasteiger partial charge in [-0.15, -0.1) is 0 Å². The maximum Gasteiger partial charge on any atom is 0.240 e. The van der Waals surface area contributed by atoms with Crippen molar-refractivity contribution in [2.75, 3.05) is 11.9 Å². The number of nitrogens with one attached hydrogen (secondary N) is 1. The summed E-state index contributed by atoms with van der Waals surface area (Å²) in [7, 11) is 0. The second-order valence-electron chi connectivity index (χ2n) is 6.50. The number of carbonyl (C=O) groups excluding carboxylic acids is 2. The van der Waals surface area contributed by atoms with Gasteiger partial charge in [-0.3, -0.25) is 9.59 Å². The Morgan fingerprint density at radius 2 is 1.69 bits per heavy atom. The molecular weight excluding hydrogens is 371 g/mol. The highest BCUT2D eigenvalue weighted by molar-refractivity contribution is 6.35. The highest BCUT2D eigenvalue weighted by atomic mass is 35.5. The Kier molecular flexibility index (Phi) is 5.54. The van der Waals surface area contributed by atoms with E-state index in [-0.39, 0.29) is 11.8 Å². The van der Waals surface area contributed by atoms with Gasteiger partial charge >= 0.3 is 0 Å². The lowest BCUT2D eigenvalue weighted by atomic mass is 10.0. The summed E-state index contributed by atoms with van der Waals surface area (Å²) in [5.41, 5.74) is 0.553. The number of rotatable bonds is 6. The van der Waals surface area contributed by atoms with Crippen LogP contribution in [-0.4, -0.2) is 23.3 Å². The Bertz CT molecular complexity index is 800. The third-order valence-electron chi connectivity index (χ3n) is 4.60. The molecule has 2 aromatic rings. The van der Waals surface area contributed by atoms with Crippen LogP contribution in [0.1, 0.15) is 25.3 Å². The minimum atomic E-state index is -0.987. The zero-order chi connectivity index (χ0) is 18.7. The number of amides is 2. The lowest BCUT2D eigenvalue weighted by Gasteiger charge is -2.26. The molecular formula is C20H20Cl2N2O2. The fourth-order valence-electron chi connectivity index (χ4n) is 2.97. The van der Waals surface area contributed by atoms with Gasteiger partial charge in [-0.1, -0.05) is 53.5 Å². The summed E-state index contributed by atoms with van der Waals surface area (Å²) >= 11 is 12.0. The molecule has 0 heterocycles. The predicted molar refractivity (Wildman–Crippen MR) is 104 cm³/mol. The van der Waals surface area contributed by atoms with E-state index in [1.54, 1.807) is 23.1 Å². The van der Waals surface area contributed by atoms with Gasteiger partial charge in [0, 0.05) is 28.8 Å². The smallest absolute Gasteiger partial charge is 0.240 e. The van der Waals surface area contributed by atoms with Crippen molar-refractivity contribution in [3.05, 3.63) is 64.1 Å². The molecule has 1 saturated carbocycles. The van der Waals surface area contributed by atoms with Crippen LogP contribution in [0.4, 0.5) is 5.69 Å². The van der Waals surface area contributed by atoms with Gasteiger partial charge in [0.1, 0.15) is 5.41 Å². The van der Waals surface area contributed by atoms with Crippen molar-refractivity contribution in [3.63, 3.8) is 0 Å². The molecule has 0 spiro atoms. The molecule has 1 aliphatic rings. The van der Waals surface area contributed by atoms with Gasteiger partial charge in [-0.25, -0.2) is 0 Å². The monoisotopic (exact) mass is 390 g/mol. The van der Waals surface area contributed by atoms with Gasteiger partial charge in [-0.2, -0.15) is 0 Å². The largest absolute Gasteiger partial charge is 0.338 e. The number of halogens is 2. The van der Waals surface area contributed by atoms with E-state index < -0.39 is 5.41 Å². The van der Waals surface area contributed by atoms with Gasteiger partial charge in [0.25, 0.3) is 0 Å². The maximum atomic E-state index is 13.0. The molecule has 4 nitrogen and oxygen atoms in total. The topological polar surface area (TPSA) is 49.4 Å². The van der Waals surface area contributed by atoms with Gasteiger partial charge in [0.2, 0.25) is 11.8 Å². The third kappa shape index (κ3) is 4.02. The van der Waals surface area contributed by atoms with Crippen LogP contribution >= 0.6 is 23.2 Å². The van der Waals surface area contributed by atoms with E-state index in [2.05, 4.69) is 5.32 Å². The maximum absolute atomic E-state index is 13.0. The van der Waals surface area contributed by atoms with Crippen molar-refractivity contribution in [2.45, 2.75) is 26.3 Å². The molecule has 1 aliphatic carbocycles. The van der Waals surface area contributed by atoms with Gasteiger partial charge in [0.05, 0.1) is 0 Å². The Hall–Kier alpha value is -2.04. The van der Waals surface area contributed by atoms with Gasteiger partial charge in [0.15, 0.2) is 0 Å². The normalized spacial score (nSPS) is 14.6. The summed E-state index contributed by atoms with van der Waals surface area (Å²) in [5.74, 6) is -0.429. The van der Waals surface area contributed by atoms with E-state index in [1.165, 1.54) is 0 Å². The summed E-state index contributed by atoms with van der Waals surface area (Å²) in [5, 5.41) is 3.66. The van der Waals surface area contributed by atoms with E-state index in [9.17, 15) is 9.59 Å². The SMILES string of the molecule is CCN(Cc1ccccc1)C(=O)C1(C(=O)Nc2cc(Cl)cc(Cl)c2)CC1. The average molecular weight is 391 g/mol. The quantitative estimate of drug-likeness (QED) is 0.722. The van der Waals surface area contributed by atoms with Crippen LogP contribution in [0.2, 0.25) is 10.0 Å². The summed E-state index contributed by atoms with van der Waals surface area (Å²) in [6.07, 6.45) is 1.11. The second-order valence-corrected chi connectivity index (χ2v) is 7.37. The Morgan fingerprint density at radius 1 is 1.08 bits per heavy atom. The first-order valence-corrected chi connectivity index (χ1v) is 9.31. The van der Waals surface area contributed by atoms with Crippen molar-refractivity contribution in [1.82, 2.24) is 4.90 Å². The van der Waals surface area contributed by atoms with E-state index in [0.717, 1.165) is 5.56 Å². The Labute approximate surface area is 163 Å². The lowest BCUT2D eigenvalue weighted by Crippen LogP contribution is -2.42. The molecule has 0 radical (unpaired) electrons. The fourth-order valence-corrected chi connectivity index (χ4v) is 3.50. The first-order chi connectivity index (χ1) is 12.4. The molecule has 0 atom stereocenters. The molecule has 1 N–H and O–H groups in total. The van der Waals surface area contributed by atoms with Crippen LogP contribution < -0.4 is 5.32 Å². The van der Waals surface area contributed by atoms with Crippen LogP contribution in [0.25, 0.3) is 0 Å². The van der Waals surface area contributed by atoms with Crippen LogP contribution in [0, 0.1) is 5.41 Å². The molecule has 1 fully saturated rings. The van der Waals surface area contributed by atoms with E-state index in [0.29, 0.717) is 41.7 Å². The number of nitrogens with zero attached hydrogens (tertiary/aromatic N) is 1. The zero-order valence-electron chi connectivity index (χ0n) is 14.5. The summed E-state index contributed by atoms with van der Waals surface area (Å²) in [6, 6.07) is 14.6. The number of hydrogen-bond acceptors (Lipinski definition) is 2. The number of benzene rings is 2. The third-order valence-corrected chi connectivity index (χ3v) is 5.04. The minimum Gasteiger partial charge on any atom is -0.338 e. The fraction of sp³-hybridized carbons (Fsp3) is 0.300. The van der Waals surface area contributed by atoms with Crippen molar-refractivity contribution < 1.29 is 9.59 Å². The van der Waals surface area contributed by atoms with Crippen LogP contribution in [0.5, 0.6) is 0 Å². The predicted octanol–water partition coefficient (Wildman–Crippen LogP) is 4.76. The lowest BCUT2D eigenvalue weighted by molar-refractivity contribution is -0.142. The highest BCUT2D eigenvalue weighted by Crippen LogP contribution is 2.48. The molecule has 26 heavy (non-hydrogen) atoms. The first-order valence-electron chi connectivity index (χ1n) is 8.55. The van der Waals surface area contributed by atoms with Crippen molar-refractivity contribution in [3.8, 4) is 0 Å². The molecule has 0 bridgehead atoms. The molecule has 6 heteroatoms. The van der Waals surface area contributed by atoms with Crippen LogP contribution in [0.3, 0.4) is 0 Å². The standard InChI is InChI=1S/C20H20Cl2N2O2/c1-2-24(13-14-6-4-3-5-7-14)19(26)20(8-9-20)18(25)23-17-11-15(21)10-16(22)12-17/h3-7,10-12H,2,8-9,13H2,1H3,(H,23,25). The average Bonchev–Trinajstić information content (AvgIpc) is 3.41. The highest BCUT2D eigenvalue weighted by Gasteiger charge is 2.57. The summed E-state index contributed by atoms with van der Waals surface area (Å²) in [6.45, 7) is 2.96. The Balaban J connectivity index is 1.73. The molecule has 0 unspecified atom stereocenters. The molecule has 2 amide bonds. The van der Waals surface area contributed by atoms with Gasteiger partial charge < -0.3 is 10.2 Å². The Morgan fingerprint density at radius 3 is 2.23 bits per heavy atom. The van der Waals surface area contributed by atoms with Crippen molar-refractivity contribution >= 4 is 40.7 Å². The molecule has 0 saturated heterocycles. The first kappa shape index (κ1) is 18.7. The minimum absolute atomic E-state index is 0.130. The van der Waals surface area contributed by atoms with Crippen molar-refractivity contribution in [1.29, 1.82) is 0 Å². The molecule has 136 valence electrons. The van der Waals surface area contributed by atoms with Crippen LogP contribution in [0.15, 0.2) is 48.5 Å². The van der Waals surface area contributed by atoms with E-state index in [1.807, 2.05) is 37.3 Å². The summed E-state index contributed by atoms with van der Waals surface area (Å²) < 4.78 is 0. The van der Waals surface area contributed by atoms with Crippen molar-refractivity contribution in [2.24, 2.45) is 5.41 Å². The summed E-state index contributed by atoms with van der Waals surface area (Å²) in [4.78, 5) is 27.6. The van der Waals surface area contributed by atoms with E-state index in [4.69, 9.17) is 23.2 Å². The van der Waals surface area contributed by atoms with Crippen LogP contribution in [-0.2, 0) is 16.1 Å². The molecule has 0 aromatic heterocycles. The zero-order valence-corrected chi connectivity index (χ0v) is 16.0. The van der Waals surface area contributed by atoms with Gasteiger partial charge in [-0.05, 0) is 43.5 Å². The number of carbonyl (C=O) groups is 2. The number of hydrogen-bond donors (Lipinski definition) is 1. The molecule has 3 rings (SSSR count). The molecule has 2 aromatic carbocycles.